The molecule has 1 amide bonds. The number of phenolic OH excluding ortho intramolecular Hbond substituents is 1. The van der Waals surface area contributed by atoms with Crippen molar-refractivity contribution < 1.29 is 55.5 Å². The number of nitrogens with one attached hydrogen (secondary N) is 1. The molecule has 0 aliphatic rings. The number of nitrogens with zero attached hydrogens (tertiary/aromatic N) is 5. The molecule has 0 heterocycles. The minimum atomic E-state index is -4.71. The van der Waals surface area contributed by atoms with Gasteiger partial charge in [-0.1, -0.05) is 103 Å². The van der Waals surface area contributed by atoms with Crippen LogP contribution in [0.3, 0.4) is 0 Å². The van der Waals surface area contributed by atoms with E-state index >= 15 is 0 Å². The van der Waals surface area contributed by atoms with Crippen LogP contribution in [0.15, 0.2) is 169 Å². The number of aromatic hydroxyl groups is 1. The Hall–Kier alpha value is -6.41. The summed E-state index contributed by atoms with van der Waals surface area (Å²) in [6.07, 6.45) is 0.411. The van der Waals surface area contributed by atoms with Gasteiger partial charge in [-0.05, 0) is 107 Å². The van der Waals surface area contributed by atoms with Crippen LogP contribution < -0.4 is 25.0 Å². The Bertz CT molecular complexity index is 3830. The van der Waals surface area contributed by atoms with Gasteiger partial charge in [-0.15, -0.1) is 15.3 Å². The van der Waals surface area contributed by atoms with E-state index in [1.807, 2.05) is 0 Å². The molecule has 0 aliphatic heterocycles. The van der Waals surface area contributed by atoms with Gasteiger partial charge in [0, 0.05) is 38.6 Å². The number of rotatable bonds is 14. The second-order valence-corrected chi connectivity index (χ2v) is 19.3. The molecule has 75 heavy (non-hydrogen) atoms. The van der Waals surface area contributed by atoms with E-state index in [1.54, 1.807) is 111 Å². The molecular formula is C52H42BaCl2N6O12S2. The fourth-order valence-electron chi connectivity index (χ4n) is 7.70. The van der Waals surface area contributed by atoms with Crippen molar-refractivity contribution in [3.63, 3.8) is 0 Å². The number of hydrogen-bond donors (Lipinski definition) is 4. The van der Waals surface area contributed by atoms with Gasteiger partial charge in [0.1, 0.15) is 38.4 Å². The molecule has 8 rings (SSSR count). The van der Waals surface area contributed by atoms with E-state index in [0.29, 0.717) is 44.4 Å². The first-order valence-electron chi connectivity index (χ1n) is 22.0. The second-order valence-electron chi connectivity index (χ2n) is 15.8. The first-order valence-corrected chi connectivity index (χ1v) is 25.7. The molecule has 0 bridgehead atoms. The number of hydrogen-bond acceptors (Lipinski definition) is 15. The van der Waals surface area contributed by atoms with Gasteiger partial charge in [0.15, 0.2) is 5.75 Å². The molecule has 18 nitrogen and oxygen atoms in total. The van der Waals surface area contributed by atoms with E-state index in [2.05, 4.69) is 30.8 Å². The fourth-order valence-corrected chi connectivity index (χ4v) is 10.3. The summed E-state index contributed by atoms with van der Waals surface area (Å²) >= 11 is 12.2. The monoisotopic (exact) mass is 1210 g/mol. The Morgan fingerprint density at radius 3 is 1.63 bits per heavy atom. The van der Waals surface area contributed by atoms with Crippen molar-refractivity contribution in [2.45, 2.75) is 36.5 Å². The number of phenols is 1. The van der Waals surface area contributed by atoms with Crippen molar-refractivity contribution in [1.29, 1.82) is 0 Å². The summed E-state index contributed by atoms with van der Waals surface area (Å²) in [4.78, 5) is 16.2. The number of ether oxygens (including phenoxy) is 2. The van der Waals surface area contributed by atoms with Gasteiger partial charge < -0.3 is 30.1 Å². The number of aliphatic imine (C=N–C) groups is 1. The predicted molar refractivity (Wildman–Crippen MR) is 285 cm³/mol. The first-order chi connectivity index (χ1) is 35.3. The maximum Gasteiger partial charge on any atom is 2.00 e. The summed E-state index contributed by atoms with van der Waals surface area (Å²) in [7, 11) is -6.42. The number of carbonyl (C=O) groups excluding carboxylic acids is 1. The summed E-state index contributed by atoms with van der Waals surface area (Å²) < 4.78 is 78.4. The molecule has 0 atom stereocenters. The maximum absolute atomic E-state index is 13.4. The van der Waals surface area contributed by atoms with Crippen LogP contribution in [-0.2, 0) is 33.1 Å². The molecule has 0 radical (unpaired) electrons. The quantitative estimate of drug-likeness (QED) is 0.0260. The van der Waals surface area contributed by atoms with Crippen LogP contribution in [0.2, 0.25) is 10.0 Å². The molecular weight excluding hydrogens is 1170 g/mol. The number of halogens is 2. The molecule has 380 valence electrons. The smallest absolute Gasteiger partial charge is 0.871 e. The van der Waals surface area contributed by atoms with Crippen molar-refractivity contribution in [2.24, 2.45) is 25.4 Å². The molecule has 8 aromatic carbocycles. The first kappa shape index (κ1) is 57.9. The Morgan fingerprint density at radius 1 is 0.627 bits per heavy atom. The van der Waals surface area contributed by atoms with Crippen LogP contribution >= 0.6 is 23.2 Å². The Morgan fingerprint density at radius 2 is 1.11 bits per heavy atom. The largest absolute Gasteiger partial charge is 2.00 e. The fraction of sp³-hybridized carbons (Fsp3) is 0.115. The van der Waals surface area contributed by atoms with Crippen molar-refractivity contribution in [3.8, 4) is 23.0 Å². The minimum absolute atomic E-state index is 0. The number of methoxy groups -OCH3 is 2. The number of anilines is 1. The zero-order chi connectivity index (χ0) is 53.5. The zero-order valence-corrected chi connectivity index (χ0v) is 47.7. The number of benzene rings is 8. The molecule has 0 aliphatic carbocycles. The molecule has 4 N–H and O–H groups in total. The van der Waals surface area contributed by atoms with Gasteiger partial charge in [0.2, 0.25) is 0 Å². The van der Waals surface area contributed by atoms with Crippen LogP contribution in [0.25, 0.3) is 21.5 Å². The normalized spacial score (nSPS) is 11.9. The summed E-state index contributed by atoms with van der Waals surface area (Å²) in [6, 6.07) is 35.2. The van der Waals surface area contributed by atoms with Crippen molar-refractivity contribution in [3.05, 3.63) is 166 Å². The van der Waals surface area contributed by atoms with E-state index in [4.69, 9.17) is 32.7 Å². The summed E-state index contributed by atoms with van der Waals surface area (Å²) in [5, 5.41) is 58.6. The van der Waals surface area contributed by atoms with Crippen LogP contribution in [0.1, 0.15) is 40.9 Å². The van der Waals surface area contributed by atoms with Crippen molar-refractivity contribution >= 4 is 160 Å². The van der Waals surface area contributed by atoms with E-state index < -0.39 is 53.3 Å². The van der Waals surface area contributed by atoms with Crippen molar-refractivity contribution in [1.82, 2.24) is 0 Å². The van der Waals surface area contributed by atoms with Gasteiger partial charge in [-0.3, -0.25) is 18.9 Å². The predicted octanol–water partition coefficient (Wildman–Crippen LogP) is 11.5. The molecule has 0 fully saturated rings. The van der Waals surface area contributed by atoms with Gasteiger partial charge >= 0.3 is 48.9 Å². The summed E-state index contributed by atoms with van der Waals surface area (Å²) in [5.74, 6) is -1.56. The molecule has 0 spiro atoms. The average molecular weight is 1220 g/mol. The SMILES string of the molecule is CCc1c(Cl)ccc(N=Nc2c(O)c(C(=O)Nc3cccc(OC)c3)cc3ccccc23)c1S(=O)(=O)O.CCc1c(Cl)ccc(N=Nc2c([O-])c(C([O-])=Nc3cccc(OC)c3)cc3ccccc23)c1S(=O)(=O)O.[Ba+2]. The molecule has 8 aromatic rings. The van der Waals surface area contributed by atoms with E-state index in [-0.39, 0.29) is 117 Å². The third-order valence-electron chi connectivity index (χ3n) is 11.2. The topological polar surface area (TPSA) is 284 Å². The number of amides is 1. The van der Waals surface area contributed by atoms with Crippen LogP contribution in [0.4, 0.5) is 34.1 Å². The molecule has 0 unspecified atom stereocenters. The molecule has 23 heteroatoms. The van der Waals surface area contributed by atoms with Crippen molar-refractivity contribution in [2.75, 3.05) is 19.5 Å². The zero-order valence-electron chi connectivity index (χ0n) is 40.1. The Labute approximate surface area is 481 Å². The standard InChI is InChI=1S/2C26H22ClN3O6S.Ba/c2*1-3-18-21(27)11-12-22(25(18)37(33,34)35)29-30-23-19-10-5-4-7-15(19)13-20(24(23)31)26(32)28-16-8-6-9-17(14-16)36-2;/h2*4-14,31H,3H2,1-2H3,(H,28,32)(H,33,34,35);/q;;+2/p-2. The van der Waals surface area contributed by atoms with E-state index in [9.17, 15) is 46.1 Å². The van der Waals surface area contributed by atoms with Crippen LogP contribution in [0, 0.1) is 0 Å². The minimum Gasteiger partial charge on any atom is -0.871 e. The number of carbonyl (C=O) groups is 1. The van der Waals surface area contributed by atoms with Crippen LogP contribution in [-0.4, -0.2) is 106 Å². The van der Waals surface area contributed by atoms with Gasteiger partial charge in [0.25, 0.3) is 26.1 Å². The maximum atomic E-state index is 13.4. The van der Waals surface area contributed by atoms with Gasteiger partial charge in [-0.25, -0.2) is 0 Å². The van der Waals surface area contributed by atoms with Gasteiger partial charge in [-0.2, -0.15) is 21.9 Å². The Balaban J connectivity index is 0.000000241. The second kappa shape index (κ2) is 25.0. The molecule has 0 saturated heterocycles. The molecule has 0 saturated carbocycles. The third kappa shape index (κ3) is 13.3. The average Bonchev–Trinajstić information content (AvgIpc) is 3.37. The number of azo groups is 2. The van der Waals surface area contributed by atoms with Gasteiger partial charge in [0.05, 0.1) is 31.2 Å². The number of fused-ring (bicyclic) bond motifs is 2. The molecule has 0 aromatic heterocycles. The van der Waals surface area contributed by atoms with E-state index in [1.165, 1.54) is 50.6 Å². The summed E-state index contributed by atoms with van der Waals surface area (Å²) in [5.41, 5.74) is 0.169. The van der Waals surface area contributed by atoms with Crippen LogP contribution in [0.5, 0.6) is 23.0 Å². The summed E-state index contributed by atoms with van der Waals surface area (Å²) in [6.45, 7) is 3.35. The van der Waals surface area contributed by atoms with E-state index in [0.717, 1.165) is 0 Å². The third-order valence-corrected chi connectivity index (χ3v) is 13.8. The Kier molecular flexibility index (Phi) is 19.3.